The van der Waals surface area contributed by atoms with E-state index in [0.717, 1.165) is 13.0 Å². The fourth-order valence-corrected chi connectivity index (χ4v) is 2.33. The Kier molecular flexibility index (Phi) is 5.08. The Morgan fingerprint density at radius 1 is 1.41 bits per heavy atom. The lowest BCUT2D eigenvalue weighted by atomic mass is 9.85. The zero-order chi connectivity index (χ0) is 20.6. The zero-order valence-electron chi connectivity index (χ0n) is 15.0. The van der Waals surface area contributed by atoms with Gasteiger partial charge >= 0.3 is 12.0 Å². The van der Waals surface area contributed by atoms with Gasteiger partial charge in [-0.05, 0) is 33.8 Å². The van der Waals surface area contributed by atoms with Gasteiger partial charge in [-0.25, -0.2) is 19.5 Å². The minimum Gasteiger partial charge on any atom is -0.458 e. The number of halogens is 3. The van der Waals surface area contributed by atoms with Crippen LogP contribution in [0.4, 0.5) is 23.7 Å². The molecule has 0 unspecified atom stereocenters. The van der Waals surface area contributed by atoms with Crippen molar-refractivity contribution in [2.24, 2.45) is 4.99 Å². The van der Waals surface area contributed by atoms with E-state index < -0.39 is 57.8 Å². The second kappa shape index (κ2) is 6.71. The lowest BCUT2D eigenvalue weighted by molar-refractivity contribution is -0.385. The number of hydrogen-bond acceptors (Lipinski definition) is 6. The molecule has 1 aromatic carbocycles. The van der Waals surface area contributed by atoms with E-state index >= 15 is 0 Å². The average molecular weight is 389 g/mol. The van der Waals surface area contributed by atoms with E-state index in [-0.39, 0.29) is 0 Å². The summed E-state index contributed by atoms with van der Waals surface area (Å²) in [6.07, 6.45) is -1.01. The molecule has 0 aliphatic carbocycles. The highest BCUT2D eigenvalue weighted by molar-refractivity contribution is 5.91. The number of alkyl halides is 2. The van der Waals surface area contributed by atoms with Crippen molar-refractivity contribution in [2.45, 2.75) is 44.8 Å². The topological polar surface area (TPSA) is 103 Å². The molecule has 0 saturated carbocycles. The van der Waals surface area contributed by atoms with Crippen LogP contribution in [-0.4, -0.2) is 35.2 Å². The number of alkyl carbamates (subject to hydrolysis) is 1. The number of carbonyl (C=O) groups excluding carboxylic acids is 1. The highest BCUT2D eigenvalue weighted by Gasteiger charge is 2.57. The van der Waals surface area contributed by atoms with Crippen molar-refractivity contribution >= 4 is 17.8 Å². The SMILES string of the molecule is CC(C)(C)OC(=O)NC1=N[C@](C)(c2cc([N+](=O)[O-])ccc2F)C(F)(F)CO1. The summed E-state index contributed by atoms with van der Waals surface area (Å²) in [5.41, 5.74) is -4.69. The van der Waals surface area contributed by atoms with Gasteiger partial charge in [0.15, 0.2) is 12.1 Å². The van der Waals surface area contributed by atoms with Crippen molar-refractivity contribution in [2.75, 3.05) is 6.61 Å². The molecule has 0 radical (unpaired) electrons. The van der Waals surface area contributed by atoms with E-state index in [2.05, 4.69) is 10.3 Å². The molecule has 27 heavy (non-hydrogen) atoms. The number of non-ortho nitro benzene ring substituents is 1. The van der Waals surface area contributed by atoms with Crippen LogP contribution in [0.25, 0.3) is 0 Å². The van der Waals surface area contributed by atoms with E-state index in [1.165, 1.54) is 0 Å². The van der Waals surface area contributed by atoms with Crippen LogP contribution in [0.5, 0.6) is 0 Å². The summed E-state index contributed by atoms with van der Waals surface area (Å²) in [4.78, 5) is 25.5. The first-order chi connectivity index (χ1) is 12.2. The molecule has 8 nitrogen and oxygen atoms in total. The molecule has 0 bridgehead atoms. The maximum Gasteiger partial charge on any atom is 0.415 e. The Labute approximate surface area is 152 Å². The number of nitrogens with one attached hydrogen (secondary N) is 1. The lowest BCUT2D eigenvalue weighted by Crippen LogP contribution is -2.53. The number of hydrogen-bond donors (Lipinski definition) is 1. The van der Waals surface area contributed by atoms with Crippen LogP contribution in [0.2, 0.25) is 0 Å². The molecule has 1 aromatic rings. The molecule has 1 N–H and O–H groups in total. The number of nitrogens with zero attached hydrogens (tertiary/aromatic N) is 2. The zero-order valence-corrected chi connectivity index (χ0v) is 15.0. The van der Waals surface area contributed by atoms with Crippen molar-refractivity contribution in [3.05, 3.63) is 39.7 Å². The van der Waals surface area contributed by atoms with Gasteiger partial charge in [-0.2, -0.15) is 8.78 Å². The second-order valence-corrected chi connectivity index (χ2v) is 7.03. The molecule has 11 heteroatoms. The molecule has 0 fully saturated rings. The molecule has 0 aromatic heterocycles. The van der Waals surface area contributed by atoms with Crippen molar-refractivity contribution < 1.29 is 32.4 Å². The number of benzene rings is 1. The Bertz CT molecular complexity index is 807. The molecule has 148 valence electrons. The Balaban J connectivity index is 2.46. The summed E-state index contributed by atoms with van der Waals surface area (Å²) < 4.78 is 53.0. The Morgan fingerprint density at radius 3 is 2.59 bits per heavy atom. The van der Waals surface area contributed by atoms with Crippen LogP contribution in [0.1, 0.15) is 33.3 Å². The molecule has 1 heterocycles. The molecular formula is C16H18F3N3O5. The van der Waals surface area contributed by atoms with Gasteiger partial charge in [0.1, 0.15) is 11.4 Å². The summed E-state index contributed by atoms with van der Waals surface area (Å²) in [7, 11) is 0. The first-order valence-electron chi connectivity index (χ1n) is 7.80. The fourth-order valence-electron chi connectivity index (χ4n) is 2.33. The highest BCUT2D eigenvalue weighted by Crippen LogP contribution is 2.45. The van der Waals surface area contributed by atoms with Crippen molar-refractivity contribution in [1.29, 1.82) is 0 Å². The van der Waals surface area contributed by atoms with Gasteiger partial charge in [0, 0.05) is 17.7 Å². The maximum absolute atomic E-state index is 14.5. The van der Waals surface area contributed by atoms with Gasteiger partial charge < -0.3 is 9.47 Å². The minimum absolute atomic E-state index is 0.577. The van der Waals surface area contributed by atoms with E-state index in [1.807, 2.05) is 0 Å². The van der Waals surface area contributed by atoms with Crippen LogP contribution < -0.4 is 5.32 Å². The second-order valence-electron chi connectivity index (χ2n) is 7.03. The fraction of sp³-hybridized carbons (Fsp3) is 0.500. The van der Waals surface area contributed by atoms with Crippen molar-refractivity contribution in [3.8, 4) is 0 Å². The Hall–Kier alpha value is -2.85. The molecule has 1 aliphatic rings. The standard InChI is InChI=1S/C16H18F3N3O5/c1-14(2,3)27-13(23)20-12-21-15(4,16(18,19)8-26-12)10-7-9(22(24)25)5-6-11(10)17/h5-7H,8H2,1-4H3,(H,20,21,23)/t15-/m1/s1. The Morgan fingerprint density at radius 2 is 2.04 bits per heavy atom. The summed E-state index contributed by atoms with van der Waals surface area (Å²) in [5, 5.41) is 13.0. The third kappa shape index (κ3) is 4.29. The van der Waals surface area contributed by atoms with Crippen LogP contribution in [0.15, 0.2) is 23.2 Å². The summed E-state index contributed by atoms with van der Waals surface area (Å²) in [6.45, 7) is 4.45. The normalized spacial score (nSPS) is 21.7. The predicted octanol–water partition coefficient (Wildman–Crippen LogP) is 3.50. The summed E-state index contributed by atoms with van der Waals surface area (Å²) in [5.74, 6) is -4.81. The largest absolute Gasteiger partial charge is 0.458 e. The maximum atomic E-state index is 14.5. The average Bonchev–Trinajstić information content (AvgIpc) is 2.49. The minimum atomic E-state index is -3.71. The molecule has 0 spiro atoms. The van der Waals surface area contributed by atoms with Gasteiger partial charge in [0.05, 0.1) is 4.92 Å². The predicted molar refractivity (Wildman–Crippen MR) is 88.1 cm³/mol. The molecule has 1 aliphatic heterocycles. The van der Waals surface area contributed by atoms with Gasteiger partial charge in [-0.15, -0.1) is 0 Å². The van der Waals surface area contributed by atoms with Crippen LogP contribution >= 0.6 is 0 Å². The van der Waals surface area contributed by atoms with E-state index in [9.17, 15) is 28.1 Å². The lowest BCUT2D eigenvalue weighted by Gasteiger charge is -2.38. The first-order valence-corrected chi connectivity index (χ1v) is 7.80. The van der Waals surface area contributed by atoms with E-state index in [1.54, 1.807) is 20.8 Å². The number of rotatable bonds is 2. The molecular weight excluding hydrogens is 371 g/mol. The third-order valence-corrected chi connectivity index (χ3v) is 3.72. The number of amidine groups is 1. The van der Waals surface area contributed by atoms with Gasteiger partial charge in [0.2, 0.25) is 0 Å². The highest BCUT2D eigenvalue weighted by atomic mass is 19.3. The van der Waals surface area contributed by atoms with Crippen molar-refractivity contribution in [3.63, 3.8) is 0 Å². The van der Waals surface area contributed by atoms with Crippen LogP contribution in [-0.2, 0) is 15.0 Å². The van der Waals surface area contributed by atoms with E-state index in [0.29, 0.717) is 12.1 Å². The number of aliphatic imine (C=N–C) groups is 1. The summed E-state index contributed by atoms with van der Waals surface area (Å²) >= 11 is 0. The molecule has 2 rings (SSSR count). The van der Waals surface area contributed by atoms with E-state index in [4.69, 9.17) is 9.47 Å². The number of carbonyl (C=O) groups is 1. The molecule has 1 amide bonds. The number of ether oxygens (including phenoxy) is 2. The first kappa shape index (κ1) is 20.5. The molecule has 1 atom stereocenters. The number of nitro benzene ring substituents is 1. The van der Waals surface area contributed by atoms with Gasteiger partial charge in [-0.3, -0.25) is 10.1 Å². The monoisotopic (exact) mass is 389 g/mol. The van der Waals surface area contributed by atoms with Gasteiger partial charge in [0.25, 0.3) is 11.7 Å². The van der Waals surface area contributed by atoms with Crippen LogP contribution in [0, 0.1) is 15.9 Å². The number of amides is 1. The van der Waals surface area contributed by atoms with Crippen LogP contribution in [0.3, 0.4) is 0 Å². The molecule has 0 saturated heterocycles. The van der Waals surface area contributed by atoms with Gasteiger partial charge in [-0.1, -0.05) is 0 Å². The smallest absolute Gasteiger partial charge is 0.415 e. The number of nitro groups is 1. The third-order valence-electron chi connectivity index (χ3n) is 3.72. The van der Waals surface area contributed by atoms with Crippen molar-refractivity contribution in [1.82, 2.24) is 5.32 Å². The summed E-state index contributed by atoms with van der Waals surface area (Å²) in [6, 6.07) is 1.64. The quantitative estimate of drug-likeness (QED) is 0.616.